The maximum absolute atomic E-state index is 11.3. The van der Waals surface area contributed by atoms with Gasteiger partial charge in [-0.25, -0.2) is 9.78 Å². The Kier molecular flexibility index (Phi) is 3.95. The minimum atomic E-state index is -0.884. The smallest absolute Gasteiger partial charge is 0.347 e. The molecule has 0 atom stereocenters. The van der Waals surface area contributed by atoms with Crippen molar-refractivity contribution in [2.75, 3.05) is 13.1 Å². The molecule has 1 aromatic heterocycles. The Labute approximate surface area is 126 Å². The fraction of sp³-hybridized carbons (Fsp3) is 0.643. The molecular weight excluding hydrogens is 292 g/mol. The van der Waals surface area contributed by atoms with E-state index in [2.05, 4.69) is 9.88 Å². The molecule has 1 saturated heterocycles. The lowest BCUT2D eigenvalue weighted by molar-refractivity contribution is -0.143. The summed E-state index contributed by atoms with van der Waals surface area (Å²) < 4.78 is 0. The first-order valence-corrected chi connectivity index (χ1v) is 8.04. The molecular formula is C14H18N2O4S. The fourth-order valence-corrected chi connectivity index (χ4v) is 3.79. The first kappa shape index (κ1) is 14.5. The van der Waals surface area contributed by atoms with Gasteiger partial charge in [-0.1, -0.05) is 0 Å². The highest BCUT2D eigenvalue weighted by molar-refractivity contribution is 7.13. The van der Waals surface area contributed by atoms with Crippen LogP contribution in [0.5, 0.6) is 0 Å². The van der Waals surface area contributed by atoms with Crippen LogP contribution in [0.15, 0.2) is 0 Å². The van der Waals surface area contributed by atoms with Crippen molar-refractivity contribution in [1.82, 2.24) is 9.88 Å². The topological polar surface area (TPSA) is 90.7 Å². The predicted molar refractivity (Wildman–Crippen MR) is 76.7 cm³/mol. The molecule has 0 spiro atoms. The Balaban J connectivity index is 1.64. The van der Waals surface area contributed by atoms with E-state index in [1.54, 1.807) is 0 Å². The van der Waals surface area contributed by atoms with E-state index >= 15 is 0 Å². The zero-order chi connectivity index (χ0) is 15.0. The van der Waals surface area contributed by atoms with Crippen LogP contribution < -0.4 is 0 Å². The molecule has 1 aromatic rings. The number of carboxylic acids is 2. The highest BCUT2D eigenvalue weighted by atomic mass is 32.1. The summed E-state index contributed by atoms with van der Waals surface area (Å²) in [4.78, 5) is 29.3. The van der Waals surface area contributed by atoms with Gasteiger partial charge in [0.05, 0.1) is 18.2 Å². The van der Waals surface area contributed by atoms with Gasteiger partial charge in [0.15, 0.2) is 0 Å². The van der Waals surface area contributed by atoms with E-state index in [1.807, 2.05) is 0 Å². The van der Waals surface area contributed by atoms with Crippen molar-refractivity contribution in [1.29, 1.82) is 0 Å². The second kappa shape index (κ2) is 5.73. The number of piperidine rings is 1. The second-order valence-corrected chi connectivity index (χ2v) is 6.87. The van der Waals surface area contributed by atoms with Gasteiger partial charge < -0.3 is 10.2 Å². The van der Waals surface area contributed by atoms with Gasteiger partial charge in [0.1, 0.15) is 9.88 Å². The number of carboxylic acid groups (broad SMARTS) is 2. The number of aromatic carboxylic acids is 1. The van der Waals surface area contributed by atoms with Crippen molar-refractivity contribution in [2.24, 2.45) is 5.92 Å². The van der Waals surface area contributed by atoms with Crippen molar-refractivity contribution in [3.05, 3.63) is 15.6 Å². The Morgan fingerprint density at radius 3 is 2.38 bits per heavy atom. The van der Waals surface area contributed by atoms with E-state index in [-0.39, 0.29) is 5.92 Å². The van der Waals surface area contributed by atoms with E-state index in [9.17, 15) is 14.7 Å². The number of rotatable bonds is 5. The maximum Gasteiger partial charge on any atom is 0.347 e. The molecule has 0 unspecified atom stereocenters. The number of carbonyl (C=O) groups is 2. The van der Waals surface area contributed by atoms with E-state index in [1.165, 1.54) is 11.3 Å². The van der Waals surface area contributed by atoms with E-state index < -0.39 is 11.9 Å². The SMILES string of the molecule is O=C(O)c1sc(CN2CCC(C(=O)O)CC2)nc1C1CC1. The summed E-state index contributed by atoms with van der Waals surface area (Å²) in [5, 5.41) is 19.1. The number of hydrogen-bond acceptors (Lipinski definition) is 5. The fourth-order valence-electron chi connectivity index (χ4n) is 2.76. The number of hydrogen-bond donors (Lipinski definition) is 2. The van der Waals surface area contributed by atoms with Gasteiger partial charge in [-0.2, -0.15) is 0 Å². The molecule has 2 N–H and O–H groups in total. The Morgan fingerprint density at radius 1 is 1.19 bits per heavy atom. The quantitative estimate of drug-likeness (QED) is 0.864. The molecule has 3 rings (SSSR count). The van der Waals surface area contributed by atoms with Gasteiger partial charge >= 0.3 is 11.9 Å². The third-order valence-electron chi connectivity index (χ3n) is 4.15. The average molecular weight is 310 g/mol. The molecule has 1 aliphatic carbocycles. The first-order chi connectivity index (χ1) is 10.0. The summed E-state index contributed by atoms with van der Waals surface area (Å²) in [7, 11) is 0. The number of likely N-dealkylation sites (tertiary alicyclic amines) is 1. The number of thiazole rings is 1. The molecule has 6 nitrogen and oxygen atoms in total. The van der Waals surface area contributed by atoms with Crippen LogP contribution in [0, 0.1) is 5.92 Å². The highest BCUT2D eigenvalue weighted by Crippen LogP contribution is 2.42. The molecule has 0 radical (unpaired) electrons. The molecule has 2 fully saturated rings. The van der Waals surface area contributed by atoms with Crippen LogP contribution in [-0.2, 0) is 11.3 Å². The Hall–Kier alpha value is -1.47. The summed E-state index contributed by atoms with van der Waals surface area (Å²) in [5.74, 6) is -1.51. The van der Waals surface area contributed by atoms with Crippen LogP contribution in [0.3, 0.4) is 0 Å². The molecule has 1 aliphatic heterocycles. The zero-order valence-corrected chi connectivity index (χ0v) is 12.4. The lowest BCUT2D eigenvalue weighted by Gasteiger charge is -2.29. The monoisotopic (exact) mass is 310 g/mol. The second-order valence-electron chi connectivity index (χ2n) is 5.79. The van der Waals surface area contributed by atoms with Crippen LogP contribution >= 0.6 is 11.3 Å². The lowest BCUT2D eigenvalue weighted by Crippen LogP contribution is -2.35. The van der Waals surface area contributed by atoms with Crippen LogP contribution in [0.25, 0.3) is 0 Å². The summed E-state index contributed by atoms with van der Waals surface area (Å²) in [6.45, 7) is 2.10. The molecule has 7 heteroatoms. The minimum Gasteiger partial charge on any atom is -0.481 e. The number of aromatic nitrogens is 1. The van der Waals surface area contributed by atoms with Crippen molar-refractivity contribution in [3.63, 3.8) is 0 Å². The van der Waals surface area contributed by atoms with Crippen molar-refractivity contribution in [3.8, 4) is 0 Å². The van der Waals surface area contributed by atoms with Gasteiger partial charge in [0.25, 0.3) is 0 Å². The van der Waals surface area contributed by atoms with Crippen molar-refractivity contribution < 1.29 is 19.8 Å². The first-order valence-electron chi connectivity index (χ1n) is 7.22. The third kappa shape index (κ3) is 3.24. The largest absolute Gasteiger partial charge is 0.481 e. The minimum absolute atomic E-state index is 0.242. The van der Waals surface area contributed by atoms with Crippen molar-refractivity contribution in [2.45, 2.75) is 38.1 Å². The van der Waals surface area contributed by atoms with Crippen LogP contribution in [0.1, 0.15) is 52.0 Å². The Morgan fingerprint density at radius 2 is 1.86 bits per heavy atom. The summed E-state index contributed by atoms with van der Waals surface area (Å²) in [6.07, 6.45) is 3.38. The van der Waals surface area contributed by atoms with Gasteiger partial charge in [0, 0.05) is 5.92 Å². The molecule has 21 heavy (non-hydrogen) atoms. The standard InChI is InChI=1S/C14H18N2O4S/c17-13(18)9-3-5-16(6-4-9)7-10-15-11(8-1-2-8)12(21-10)14(19)20/h8-9H,1-7H2,(H,17,18)(H,19,20). The molecule has 0 amide bonds. The molecule has 2 aliphatic rings. The number of nitrogens with zero attached hydrogens (tertiary/aromatic N) is 2. The molecule has 2 heterocycles. The van der Waals surface area contributed by atoms with Gasteiger partial charge in [-0.05, 0) is 38.8 Å². The Bertz CT molecular complexity index is 559. The van der Waals surface area contributed by atoms with Crippen LogP contribution in [0.2, 0.25) is 0 Å². The van der Waals surface area contributed by atoms with Crippen LogP contribution in [0.4, 0.5) is 0 Å². The van der Waals surface area contributed by atoms with Gasteiger partial charge in [-0.15, -0.1) is 11.3 Å². The summed E-state index contributed by atoms with van der Waals surface area (Å²) in [6, 6.07) is 0. The van der Waals surface area contributed by atoms with E-state index in [4.69, 9.17) is 5.11 Å². The average Bonchev–Trinajstić information content (AvgIpc) is 3.20. The predicted octanol–water partition coefficient (Wildman–Crippen LogP) is 2.02. The molecule has 1 saturated carbocycles. The number of aliphatic carboxylic acids is 1. The third-order valence-corrected chi connectivity index (χ3v) is 5.20. The van der Waals surface area contributed by atoms with Gasteiger partial charge in [0.2, 0.25) is 0 Å². The highest BCUT2D eigenvalue weighted by Gasteiger charge is 2.32. The van der Waals surface area contributed by atoms with Crippen LogP contribution in [-0.4, -0.2) is 45.1 Å². The molecule has 0 bridgehead atoms. The molecule has 114 valence electrons. The zero-order valence-electron chi connectivity index (χ0n) is 11.6. The summed E-state index contributed by atoms with van der Waals surface area (Å²) >= 11 is 1.27. The van der Waals surface area contributed by atoms with E-state index in [0.29, 0.717) is 30.2 Å². The van der Waals surface area contributed by atoms with Gasteiger partial charge in [-0.3, -0.25) is 9.69 Å². The lowest BCUT2D eigenvalue weighted by atomic mass is 9.97. The summed E-state index contributed by atoms with van der Waals surface area (Å²) in [5.41, 5.74) is 0.753. The molecule has 0 aromatic carbocycles. The van der Waals surface area contributed by atoms with Crippen molar-refractivity contribution >= 4 is 23.3 Å². The normalized spacial score (nSPS) is 20.6. The van der Waals surface area contributed by atoms with E-state index in [0.717, 1.165) is 36.6 Å². The maximum atomic E-state index is 11.3.